The highest BCUT2D eigenvalue weighted by Gasteiger charge is 2.34. The van der Waals surface area contributed by atoms with Crippen LogP contribution in [0.1, 0.15) is 37.7 Å². The topological polar surface area (TPSA) is 36.9 Å². The fourth-order valence-corrected chi connectivity index (χ4v) is 3.71. The van der Waals surface area contributed by atoms with Crippen molar-refractivity contribution >= 4 is 29.9 Å². The number of benzene rings is 1. The molecule has 0 saturated heterocycles. The number of nitrogens with one attached hydrogen (secondary N) is 1. The number of halogens is 1. The van der Waals surface area contributed by atoms with Gasteiger partial charge in [0.05, 0.1) is 13.7 Å². The Balaban J connectivity index is 0.00000192. The summed E-state index contributed by atoms with van der Waals surface area (Å²) in [6.07, 6.45) is 6.50. The summed E-state index contributed by atoms with van der Waals surface area (Å²) in [5.41, 5.74) is 1.66. The van der Waals surface area contributed by atoms with Crippen LogP contribution < -0.4 is 10.1 Å². The van der Waals surface area contributed by atoms with Crippen molar-refractivity contribution < 1.29 is 4.74 Å². The molecule has 0 amide bonds. The van der Waals surface area contributed by atoms with Gasteiger partial charge >= 0.3 is 0 Å². The lowest BCUT2D eigenvalue weighted by molar-refractivity contribution is 0.289. The zero-order valence-electron chi connectivity index (χ0n) is 14.2. The Morgan fingerprint density at radius 2 is 1.87 bits per heavy atom. The molecule has 0 aromatic heterocycles. The minimum absolute atomic E-state index is 0. The average molecular weight is 429 g/mol. The summed E-state index contributed by atoms with van der Waals surface area (Å²) >= 11 is 0. The van der Waals surface area contributed by atoms with Crippen molar-refractivity contribution in [1.82, 2.24) is 10.2 Å². The molecule has 0 spiro atoms. The van der Waals surface area contributed by atoms with Gasteiger partial charge in [0.25, 0.3) is 0 Å². The molecular formula is C18H28IN3O. The lowest BCUT2D eigenvalue weighted by atomic mass is 9.69. The van der Waals surface area contributed by atoms with Crippen LogP contribution >= 0.6 is 24.0 Å². The van der Waals surface area contributed by atoms with Gasteiger partial charge in [-0.25, -0.2) is 0 Å². The summed E-state index contributed by atoms with van der Waals surface area (Å²) in [6.45, 7) is 2.91. The minimum Gasteiger partial charge on any atom is -0.497 e. The van der Waals surface area contributed by atoms with E-state index in [4.69, 9.17) is 4.74 Å². The molecule has 1 heterocycles. The first-order valence-electron chi connectivity index (χ1n) is 8.37. The fourth-order valence-electron chi connectivity index (χ4n) is 3.71. The highest BCUT2D eigenvalue weighted by Crippen LogP contribution is 2.39. The van der Waals surface area contributed by atoms with Gasteiger partial charge in [0.1, 0.15) is 5.75 Å². The van der Waals surface area contributed by atoms with Crippen molar-refractivity contribution in [2.75, 3.05) is 33.8 Å². The molecular weight excluding hydrogens is 401 g/mol. The third-order valence-corrected chi connectivity index (χ3v) is 5.16. The molecule has 128 valence electrons. The largest absolute Gasteiger partial charge is 0.497 e. The normalized spacial score (nSPS) is 19.7. The summed E-state index contributed by atoms with van der Waals surface area (Å²) in [6, 6.07) is 8.66. The minimum atomic E-state index is 0. The third kappa shape index (κ3) is 4.11. The Morgan fingerprint density at radius 3 is 2.43 bits per heavy atom. The lowest BCUT2D eigenvalue weighted by Crippen LogP contribution is -2.45. The SMILES string of the molecule is COc1ccc(C2(CNC3=NCCN3C)CCCCC2)cc1.I. The van der Waals surface area contributed by atoms with Crippen molar-refractivity contribution in [2.24, 2.45) is 4.99 Å². The number of hydrogen-bond donors (Lipinski definition) is 1. The van der Waals surface area contributed by atoms with Gasteiger partial charge in [0.2, 0.25) is 0 Å². The van der Waals surface area contributed by atoms with Gasteiger partial charge in [-0.05, 0) is 30.5 Å². The van der Waals surface area contributed by atoms with E-state index in [2.05, 4.69) is 46.5 Å². The Labute approximate surface area is 156 Å². The fraction of sp³-hybridized carbons (Fsp3) is 0.611. The molecule has 0 unspecified atom stereocenters. The molecule has 1 aliphatic heterocycles. The van der Waals surface area contributed by atoms with Crippen LogP contribution in [0.15, 0.2) is 29.3 Å². The van der Waals surface area contributed by atoms with Crippen molar-refractivity contribution in [1.29, 1.82) is 0 Å². The van der Waals surface area contributed by atoms with E-state index in [1.807, 2.05) is 0 Å². The van der Waals surface area contributed by atoms with Crippen molar-refractivity contribution in [3.63, 3.8) is 0 Å². The van der Waals surface area contributed by atoms with Crippen LogP contribution in [0.25, 0.3) is 0 Å². The number of likely N-dealkylation sites (N-methyl/N-ethyl adjacent to an activating group) is 1. The number of guanidine groups is 1. The second-order valence-corrected chi connectivity index (χ2v) is 6.55. The average Bonchev–Trinajstić information content (AvgIpc) is 2.99. The number of methoxy groups -OCH3 is 1. The third-order valence-electron chi connectivity index (χ3n) is 5.16. The molecule has 1 aliphatic carbocycles. The van der Waals surface area contributed by atoms with Crippen LogP contribution in [0.5, 0.6) is 5.75 Å². The molecule has 23 heavy (non-hydrogen) atoms. The molecule has 1 aromatic carbocycles. The van der Waals surface area contributed by atoms with Gasteiger partial charge < -0.3 is 15.0 Å². The maximum Gasteiger partial charge on any atom is 0.193 e. The number of hydrogen-bond acceptors (Lipinski definition) is 4. The molecule has 5 heteroatoms. The Kier molecular flexibility index (Phi) is 6.56. The maximum absolute atomic E-state index is 5.30. The van der Waals surface area contributed by atoms with Crippen LogP contribution in [0.3, 0.4) is 0 Å². The first kappa shape index (κ1) is 18.4. The first-order chi connectivity index (χ1) is 10.7. The van der Waals surface area contributed by atoms with Gasteiger partial charge in [0.15, 0.2) is 5.96 Å². The van der Waals surface area contributed by atoms with Gasteiger partial charge in [-0.2, -0.15) is 0 Å². The zero-order chi connectivity index (χ0) is 15.4. The predicted molar refractivity (Wildman–Crippen MR) is 106 cm³/mol. The predicted octanol–water partition coefficient (Wildman–Crippen LogP) is 3.41. The second kappa shape index (κ2) is 8.22. The van der Waals surface area contributed by atoms with E-state index in [1.165, 1.54) is 37.7 Å². The maximum atomic E-state index is 5.30. The summed E-state index contributed by atoms with van der Waals surface area (Å²) < 4.78 is 5.30. The number of aliphatic imine (C=N–C) groups is 1. The molecule has 3 rings (SSSR count). The molecule has 0 radical (unpaired) electrons. The van der Waals surface area contributed by atoms with Crippen molar-refractivity contribution in [2.45, 2.75) is 37.5 Å². The standard InChI is InChI=1S/C18H27N3O.HI/c1-21-13-12-19-17(21)20-14-18(10-4-3-5-11-18)15-6-8-16(22-2)9-7-15;/h6-9H,3-5,10-14H2,1-2H3,(H,19,20);1H. The van der Waals surface area contributed by atoms with Crippen LogP contribution in [-0.2, 0) is 5.41 Å². The van der Waals surface area contributed by atoms with E-state index < -0.39 is 0 Å². The lowest BCUT2D eigenvalue weighted by Gasteiger charge is -2.38. The van der Waals surface area contributed by atoms with Crippen molar-refractivity contribution in [3.8, 4) is 5.75 Å². The van der Waals surface area contributed by atoms with E-state index >= 15 is 0 Å². The quantitative estimate of drug-likeness (QED) is 0.746. The Hall–Kier alpha value is -0.980. The second-order valence-electron chi connectivity index (χ2n) is 6.55. The number of ether oxygens (including phenoxy) is 1. The summed E-state index contributed by atoms with van der Waals surface area (Å²) in [7, 11) is 3.83. The van der Waals surface area contributed by atoms with Crippen LogP contribution in [0.2, 0.25) is 0 Å². The molecule has 1 aromatic rings. The van der Waals surface area contributed by atoms with Gasteiger partial charge in [-0.1, -0.05) is 31.4 Å². The van der Waals surface area contributed by atoms with E-state index in [0.717, 1.165) is 31.3 Å². The van der Waals surface area contributed by atoms with E-state index in [9.17, 15) is 0 Å². The molecule has 1 saturated carbocycles. The van der Waals surface area contributed by atoms with E-state index in [1.54, 1.807) is 7.11 Å². The molecule has 1 N–H and O–H groups in total. The van der Waals surface area contributed by atoms with E-state index in [-0.39, 0.29) is 29.4 Å². The summed E-state index contributed by atoms with van der Waals surface area (Å²) in [5.74, 6) is 1.99. The number of nitrogens with zero attached hydrogens (tertiary/aromatic N) is 2. The summed E-state index contributed by atoms with van der Waals surface area (Å²) in [5, 5.41) is 3.61. The smallest absolute Gasteiger partial charge is 0.193 e. The molecule has 4 nitrogen and oxygen atoms in total. The molecule has 1 fully saturated rings. The monoisotopic (exact) mass is 429 g/mol. The molecule has 0 bridgehead atoms. The van der Waals surface area contributed by atoms with Gasteiger partial charge in [-0.3, -0.25) is 4.99 Å². The van der Waals surface area contributed by atoms with Crippen molar-refractivity contribution in [3.05, 3.63) is 29.8 Å². The first-order valence-corrected chi connectivity index (χ1v) is 8.37. The van der Waals surface area contributed by atoms with Crippen LogP contribution in [-0.4, -0.2) is 44.7 Å². The summed E-state index contributed by atoms with van der Waals surface area (Å²) in [4.78, 5) is 6.78. The molecule has 0 atom stereocenters. The van der Waals surface area contributed by atoms with Gasteiger partial charge in [0, 0.05) is 25.6 Å². The van der Waals surface area contributed by atoms with E-state index in [0.29, 0.717) is 0 Å². The highest BCUT2D eigenvalue weighted by atomic mass is 127. The highest BCUT2D eigenvalue weighted by molar-refractivity contribution is 14.0. The number of rotatable bonds is 4. The Morgan fingerprint density at radius 1 is 1.17 bits per heavy atom. The van der Waals surface area contributed by atoms with Crippen LogP contribution in [0.4, 0.5) is 0 Å². The van der Waals surface area contributed by atoms with Gasteiger partial charge in [-0.15, -0.1) is 24.0 Å². The Bertz CT molecular complexity index is 524. The zero-order valence-corrected chi connectivity index (χ0v) is 16.5. The molecule has 2 aliphatic rings. The van der Waals surface area contributed by atoms with Crippen LogP contribution in [0, 0.1) is 0 Å².